The lowest BCUT2D eigenvalue weighted by Gasteiger charge is -2.27. The van der Waals surface area contributed by atoms with Gasteiger partial charge in [-0.05, 0) is 49.9 Å². The van der Waals surface area contributed by atoms with Gasteiger partial charge in [0.2, 0.25) is 0 Å². The van der Waals surface area contributed by atoms with Gasteiger partial charge in [0.25, 0.3) is 0 Å². The van der Waals surface area contributed by atoms with E-state index >= 15 is 0 Å². The van der Waals surface area contributed by atoms with E-state index in [2.05, 4.69) is 23.8 Å². The molecule has 1 aromatic heterocycles. The van der Waals surface area contributed by atoms with Crippen molar-refractivity contribution in [3.05, 3.63) is 36.2 Å². The zero-order chi connectivity index (χ0) is 17.0. The second-order valence-corrected chi connectivity index (χ2v) is 6.85. The van der Waals surface area contributed by atoms with Crippen molar-refractivity contribution in [3.63, 3.8) is 0 Å². The van der Waals surface area contributed by atoms with Crippen LogP contribution in [0.4, 0.5) is 5.82 Å². The van der Waals surface area contributed by atoms with Crippen molar-refractivity contribution < 1.29 is 4.74 Å². The molecule has 1 heterocycles. The summed E-state index contributed by atoms with van der Waals surface area (Å²) in [4.78, 5) is 8.16. The first-order valence-corrected chi connectivity index (χ1v) is 7.87. The van der Waals surface area contributed by atoms with Gasteiger partial charge in [0.05, 0.1) is 5.69 Å². The van der Waals surface area contributed by atoms with Crippen molar-refractivity contribution in [1.29, 1.82) is 0 Å². The summed E-state index contributed by atoms with van der Waals surface area (Å²) in [5, 5.41) is 0. The predicted molar refractivity (Wildman–Crippen MR) is 94.2 cm³/mol. The molecule has 0 aliphatic rings. The van der Waals surface area contributed by atoms with Gasteiger partial charge < -0.3 is 16.2 Å². The van der Waals surface area contributed by atoms with Gasteiger partial charge in [0, 0.05) is 17.2 Å². The maximum atomic E-state index is 6.30. The number of hydrogen-bond donors (Lipinski definition) is 2. The molecule has 0 saturated carbocycles. The summed E-state index contributed by atoms with van der Waals surface area (Å²) < 4.78 is 5.93. The molecule has 4 N–H and O–H groups in total. The van der Waals surface area contributed by atoms with Crippen LogP contribution >= 0.6 is 0 Å². The number of benzene rings is 1. The highest BCUT2D eigenvalue weighted by Gasteiger charge is 2.21. The molecule has 0 spiro atoms. The Labute approximate surface area is 138 Å². The highest BCUT2D eigenvalue weighted by atomic mass is 16.5. The molecule has 2 rings (SSSR count). The molecule has 0 amide bonds. The molecule has 1 aromatic carbocycles. The van der Waals surface area contributed by atoms with Gasteiger partial charge in [-0.3, -0.25) is 0 Å². The third kappa shape index (κ3) is 4.93. The first-order valence-electron chi connectivity index (χ1n) is 7.87. The molecule has 5 heteroatoms. The lowest BCUT2D eigenvalue weighted by molar-refractivity contribution is 0.206. The number of anilines is 1. The van der Waals surface area contributed by atoms with Crippen molar-refractivity contribution in [2.24, 2.45) is 11.7 Å². The Kier molecular flexibility index (Phi) is 5.21. The van der Waals surface area contributed by atoms with Crippen LogP contribution in [0.1, 0.15) is 32.8 Å². The van der Waals surface area contributed by atoms with Gasteiger partial charge in [0.1, 0.15) is 24.5 Å². The lowest BCUT2D eigenvalue weighted by Crippen LogP contribution is -2.43. The lowest BCUT2D eigenvalue weighted by atomic mass is 9.93. The minimum Gasteiger partial charge on any atom is -0.491 e. The van der Waals surface area contributed by atoms with E-state index in [9.17, 15) is 0 Å². The number of rotatable bonds is 6. The number of ether oxygens (including phenoxy) is 1. The van der Waals surface area contributed by atoms with E-state index in [-0.39, 0.29) is 5.54 Å². The number of aromatic nitrogens is 2. The number of aryl methyl sites for hydroxylation is 1. The monoisotopic (exact) mass is 314 g/mol. The topological polar surface area (TPSA) is 87.0 Å². The molecule has 23 heavy (non-hydrogen) atoms. The Morgan fingerprint density at radius 1 is 1.22 bits per heavy atom. The molecule has 0 fully saturated rings. The van der Waals surface area contributed by atoms with Gasteiger partial charge in [-0.25, -0.2) is 9.97 Å². The molecule has 0 aliphatic heterocycles. The molecule has 0 unspecified atom stereocenters. The van der Waals surface area contributed by atoms with Crippen LogP contribution in [0.3, 0.4) is 0 Å². The molecule has 5 nitrogen and oxygen atoms in total. The summed E-state index contributed by atoms with van der Waals surface area (Å²) in [6.07, 6.45) is 2.39. The minimum atomic E-state index is -0.333. The van der Waals surface area contributed by atoms with Crippen molar-refractivity contribution >= 4 is 5.82 Å². The summed E-state index contributed by atoms with van der Waals surface area (Å²) in [5.74, 6) is 1.84. The Morgan fingerprint density at radius 3 is 2.57 bits per heavy atom. The van der Waals surface area contributed by atoms with Crippen LogP contribution in [0.25, 0.3) is 11.3 Å². The Bertz CT molecular complexity index is 668. The van der Waals surface area contributed by atoms with Crippen LogP contribution in [0.5, 0.6) is 5.75 Å². The Hall–Kier alpha value is -2.14. The largest absolute Gasteiger partial charge is 0.491 e. The van der Waals surface area contributed by atoms with E-state index in [0.717, 1.165) is 29.0 Å². The predicted octanol–water partition coefficient (Wildman–Crippen LogP) is 3.18. The first kappa shape index (κ1) is 17.2. The summed E-state index contributed by atoms with van der Waals surface area (Å²) in [7, 11) is 0. The van der Waals surface area contributed by atoms with Crippen molar-refractivity contribution in [3.8, 4) is 17.0 Å². The van der Waals surface area contributed by atoms with Crippen molar-refractivity contribution in [2.45, 2.75) is 39.7 Å². The maximum Gasteiger partial charge on any atom is 0.127 e. The van der Waals surface area contributed by atoms with Gasteiger partial charge in [-0.15, -0.1) is 0 Å². The minimum absolute atomic E-state index is 0.333. The highest BCUT2D eigenvalue weighted by Crippen LogP contribution is 2.26. The van der Waals surface area contributed by atoms with E-state index in [4.69, 9.17) is 16.2 Å². The quantitative estimate of drug-likeness (QED) is 0.855. The average molecular weight is 314 g/mol. The SMILES string of the molecule is Cc1cc(-c2cc(N)ncn2)ccc1OC[C@@](C)(N)CC(C)C. The van der Waals surface area contributed by atoms with E-state index in [1.165, 1.54) is 6.33 Å². The second-order valence-electron chi connectivity index (χ2n) is 6.85. The van der Waals surface area contributed by atoms with E-state index < -0.39 is 0 Å². The van der Waals surface area contributed by atoms with Crippen LogP contribution in [-0.4, -0.2) is 22.1 Å². The summed E-state index contributed by atoms with van der Waals surface area (Å²) in [6, 6.07) is 7.72. The van der Waals surface area contributed by atoms with Crippen LogP contribution in [0.15, 0.2) is 30.6 Å². The number of hydrogen-bond acceptors (Lipinski definition) is 5. The van der Waals surface area contributed by atoms with Crippen LogP contribution in [-0.2, 0) is 0 Å². The van der Waals surface area contributed by atoms with Gasteiger partial charge in [0.15, 0.2) is 0 Å². The Morgan fingerprint density at radius 2 is 1.96 bits per heavy atom. The molecule has 1 atom stereocenters. The van der Waals surface area contributed by atoms with Crippen LogP contribution in [0, 0.1) is 12.8 Å². The summed E-state index contributed by atoms with van der Waals surface area (Å²) in [5.41, 5.74) is 14.5. The van der Waals surface area contributed by atoms with E-state index in [0.29, 0.717) is 18.3 Å². The van der Waals surface area contributed by atoms with Gasteiger partial charge in [-0.2, -0.15) is 0 Å². The summed E-state index contributed by atoms with van der Waals surface area (Å²) in [6.45, 7) is 8.86. The molecule has 124 valence electrons. The van der Waals surface area contributed by atoms with Crippen molar-refractivity contribution in [1.82, 2.24) is 9.97 Å². The van der Waals surface area contributed by atoms with Gasteiger partial charge >= 0.3 is 0 Å². The second kappa shape index (κ2) is 6.96. The van der Waals surface area contributed by atoms with Crippen LogP contribution in [0.2, 0.25) is 0 Å². The summed E-state index contributed by atoms with van der Waals surface area (Å²) >= 11 is 0. The smallest absolute Gasteiger partial charge is 0.127 e. The normalized spacial score (nSPS) is 13.8. The molecule has 0 bridgehead atoms. The fraction of sp³-hybridized carbons (Fsp3) is 0.444. The number of nitrogens with zero attached hydrogens (tertiary/aromatic N) is 2. The maximum absolute atomic E-state index is 6.30. The van der Waals surface area contributed by atoms with E-state index in [1.807, 2.05) is 32.0 Å². The van der Waals surface area contributed by atoms with E-state index in [1.54, 1.807) is 6.07 Å². The fourth-order valence-corrected chi connectivity index (χ4v) is 2.74. The highest BCUT2D eigenvalue weighted by molar-refractivity contribution is 5.63. The first-order chi connectivity index (χ1) is 10.8. The third-order valence-corrected chi connectivity index (χ3v) is 3.59. The Balaban J connectivity index is 2.11. The zero-order valence-corrected chi connectivity index (χ0v) is 14.3. The molecule has 0 radical (unpaired) electrons. The van der Waals surface area contributed by atoms with Crippen LogP contribution < -0.4 is 16.2 Å². The fourth-order valence-electron chi connectivity index (χ4n) is 2.74. The van der Waals surface area contributed by atoms with Crippen molar-refractivity contribution in [2.75, 3.05) is 12.3 Å². The zero-order valence-electron chi connectivity index (χ0n) is 14.3. The number of nitrogens with two attached hydrogens (primary N) is 2. The molecular weight excluding hydrogens is 288 g/mol. The molecular formula is C18H26N4O. The average Bonchev–Trinajstić information content (AvgIpc) is 2.44. The third-order valence-electron chi connectivity index (χ3n) is 3.59. The standard InChI is InChI=1S/C18H26N4O/c1-12(2)9-18(4,20)10-23-16-6-5-14(7-13(16)3)15-8-17(19)22-11-21-15/h5-8,11-12H,9-10,20H2,1-4H3,(H2,19,21,22)/t18-/m0/s1. The molecule has 0 aliphatic carbocycles. The number of nitrogen functional groups attached to an aromatic ring is 1. The van der Waals surface area contributed by atoms with Gasteiger partial charge in [-0.1, -0.05) is 13.8 Å². The molecule has 0 saturated heterocycles. The molecule has 2 aromatic rings.